The molecule has 0 saturated heterocycles. The van der Waals surface area contributed by atoms with E-state index in [9.17, 15) is 9.90 Å². The van der Waals surface area contributed by atoms with Crippen LogP contribution in [0.5, 0.6) is 0 Å². The Kier molecular flexibility index (Phi) is 4.17. The van der Waals surface area contributed by atoms with Crippen molar-refractivity contribution < 1.29 is 9.90 Å². The molecule has 0 bridgehead atoms. The van der Waals surface area contributed by atoms with Gasteiger partial charge >= 0.3 is 5.97 Å². The van der Waals surface area contributed by atoms with Gasteiger partial charge in [0.15, 0.2) is 0 Å². The van der Waals surface area contributed by atoms with E-state index in [1.807, 2.05) is 11.8 Å². The van der Waals surface area contributed by atoms with Gasteiger partial charge in [0.05, 0.1) is 5.69 Å². The molecule has 1 saturated carbocycles. The minimum Gasteiger partial charge on any atom is -0.478 e. The Morgan fingerprint density at radius 3 is 2.78 bits per heavy atom. The third kappa shape index (κ3) is 2.64. The normalized spacial score (nSPS) is 17.9. The highest BCUT2D eigenvalue weighted by molar-refractivity contribution is 8.00. The molecule has 4 nitrogen and oxygen atoms in total. The van der Waals surface area contributed by atoms with Gasteiger partial charge in [-0.25, -0.2) is 4.79 Å². The summed E-state index contributed by atoms with van der Waals surface area (Å²) < 4.78 is 4.39. The van der Waals surface area contributed by atoms with Gasteiger partial charge in [0.2, 0.25) is 0 Å². The summed E-state index contributed by atoms with van der Waals surface area (Å²) in [4.78, 5) is 11.2. The van der Waals surface area contributed by atoms with Gasteiger partial charge in [0.25, 0.3) is 0 Å². The maximum absolute atomic E-state index is 11.2. The van der Waals surface area contributed by atoms with Gasteiger partial charge < -0.3 is 10.4 Å². The molecule has 1 aromatic rings. The molecule has 0 spiro atoms. The number of hydrogen-bond acceptors (Lipinski definition) is 5. The zero-order valence-electron chi connectivity index (χ0n) is 10.7. The molecule has 0 unspecified atom stereocenters. The lowest BCUT2D eigenvalue weighted by Crippen LogP contribution is -2.30. The van der Waals surface area contributed by atoms with Crippen LogP contribution >= 0.6 is 23.3 Å². The van der Waals surface area contributed by atoms with E-state index in [0.717, 1.165) is 6.54 Å². The van der Waals surface area contributed by atoms with Crippen LogP contribution < -0.4 is 5.32 Å². The predicted molar refractivity (Wildman–Crippen MR) is 77.0 cm³/mol. The molecule has 100 valence electrons. The van der Waals surface area contributed by atoms with Crippen molar-refractivity contribution in [3.05, 3.63) is 11.3 Å². The number of aromatic nitrogens is 1. The van der Waals surface area contributed by atoms with Gasteiger partial charge in [-0.15, -0.1) is 0 Å². The number of aryl methyl sites for hydroxylation is 1. The minimum absolute atomic E-state index is 0.271. The second-order valence-electron chi connectivity index (χ2n) is 4.73. The fourth-order valence-electron chi connectivity index (χ4n) is 2.46. The van der Waals surface area contributed by atoms with Crippen molar-refractivity contribution in [2.45, 2.75) is 37.4 Å². The van der Waals surface area contributed by atoms with Crippen molar-refractivity contribution in [3.63, 3.8) is 0 Å². The van der Waals surface area contributed by atoms with Gasteiger partial charge in [-0.05, 0) is 37.6 Å². The highest BCUT2D eigenvalue weighted by Crippen LogP contribution is 2.40. The number of anilines is 1. The first-order valence-corrected chi connectivity index (χ1v) is 8.06. The molecule has 1 heterocycles. The Morgan fingerprint density at radius 2 is 2.22 bits per heavy atom. The average molecular weight is 286 g/mol. The van der Waals surface area contributed by atoms with Gasteiger partial charge in [-0.2, -0.15) is 16.1 Å². The first-order valence-electron chi connectivity index (χ1n) is 6.06. The van der Waals surface area contributed by atoms with Gasteiger partial charge in [-0.1, -0.05) is 12.8 Å². The number of carboxylic acid groups (broad SMARTS) is 1. The lowest BCUT2D eigenvalue weighted by Gasteiger charge is -2.27. The fraction of sp³-hybridized carbons (Fsp3) is 0.667. The Labute approximate surface area is 115 Å². The van der Waals surface area contributed by atoms with Crippen molar-refractivity contribution in [3.8, 4) is 0 Å². The first-order chi connectivity index (χ1) is 8.58. The zero-order valence-corrected chi connectivity index (χ0v) is 12.3. The third-order valence-corrected chi connectivity index (χ3v) is 5.91. The molecular formula is C12H18N2O2S2. The van der Waals surface area contributed by atoms with Gasteiger partial charge in [0, 0.05) is 11.3 Å². The van der Waals surface area contributed by atoms with Crippen LogP contribution in [0.15, 0.2) is 0 Å². The summed E-state index contributed by atoms with van der Waals surface area (Å²) in [5.74, 6) is -0.895. The van der Waals surface area contributed by atoms with Crippen LogP contribution in [-0.2, 0) is 0 Å². The number of carboxylic acids is 1. The highest BCUT2D eigenvalue weighted by Gasteiger charge is 2.33. The second-order valence-corrected chi connectivity index (χ2v) is 6.77. The van der Waals surface area contributed by atoms with Crippen LogP contribution in [0.1, 0.15) is 41.7 Å². The van der Waals surface area contributed by atoms with E-state index in [0.29, 0.717) is 16.3 Å². The number of nitrogens with zero attached hydrogens (tertiary/aromatic N) is 1. The summed E-state index contributed by atoms with van der Waals surface area (Å²) in [6, 6.07) is 0. The van der Waals surface area contributed by atoms with Crippen LogP contribution in [0.3, 0.4) is 0 Å². The predicted octanol–water partition coefficient (Wildman–Crippen LogP) is 3.24. The average Bonchev–Trinajstić information content (AvgIpc) is 2.94. The van der Waals surface area contributed by atoms with E-state index < -0.39 is 5.97 Å². The van der Waals surface area contributed by atoms with Crippen molar-refractivity contribution in [1.82, 2.24) is 4.37 Å². The number of rotatable bonds is 5. The quantitative estimate of drug-likeness (QED) is 0.870. The van der Waals surface area contributed by atoms with Crippen molar-refractivity contribution in [1.29, 1.82) is 0 Å². The molecule has 1 aliphatic rings. The van der Waals surface area contributed by atoms with E-state index >= 15 is 0 Å². The van der Waals surface area contributed by atoms with Crippen LogP contribution in [0.2, 0.25) is 0 Å². The van der Waals surface area contributed by atoms with Crippen LogP contribution in [0.25, 0.3) is 0 Å². The molecule has 2 rings (SSSR count). The minimum atomic E-state index is -0.895. The first kappa shape index (κ1) is 13.7. The number of aromatic carboxylic acids is 1. The van der Waals surface area contributed by atoms with E-state index in [4.69, 9.17) is 0 Å². The molecule has 1 fully saturated rings. The van der Waals surface area contributed by atoms with Gasteiger partial charge in [-0.3, -0.25) is 0 Å². The molecule has 6 heteroatoms. The molecule has 18 heavy (non-hydrogen) atoms. The number of hydrogen-bond donors (Lipinski definition) is 2. The van der Waals surface area contributed by atoms with Gasteiger partial charge in [0.1, 0.15) is 10.6 Å². The maximum Gasteiger partial charge on any atom is 0.340 e. The molecule has 0 radical (unpaired) electrons. The summed E-state index contributed by atoms with van der Waals surface area (Å²) in [5, 5.41) is 13.2. The molecule has 0 amide bonds. The highest BCUT2D eigenvalue weighted by atomic mass is 32.2. The monoisotopic (exact) mass is 286 g/mol. The van der Waals surface area contributed by atoms with Crippen LogP contribution in [0, 0.1) is 6.92 Å². The summed E-state index contributed by atoms with van der Waals surface area (Å²) in [7, 11) is 0. The maximum atomic E-state index is 11.2. The standard InChI is InChI=1S/C12H18N2O2S2/c1-8-9(11(15)16)10(18-14-8)13-7-12(17-2)5-3-4-6-12/h13H,3-7H2,1-2H3,(H,15,16). The second kappa shape index (κ2) is 5.48. The SMILES string of the molecule is CSC1(CNc2snc(C)c2C(=O)O)CCCC1. The largest absolute Gasteiger partial charge is 0.478 e. The summed E-state index contributed by atoms with van der Waals surface area (Å²) >= 11 is 3.14. The Hall–Kier alpha value is -0.750. The third-order valence-electron chi connectivity index (χ3n) is 3.60. The Bertz CT molecular complexity index is 439. The lowest BCUT2D eigenvalue weighted by molar-refractivity contribution is 0.0697. The molecule has 0 aromatic carbocycles. The van der Waals surface area contributed by atoms with Crippen LogP contribution in [-0.4, -0.2) is 33.0 Å². The molecule has 0 atom stereocenters. The number of nitrogens with one attached hydrogen (secondary N) is 1. The summed E-state index contributed by atoms with van der Waals surface area (Å²) in [6.45, 7) is 2.57. The molecule has 0 aliphatic heterocycles. The van der Waals surface area contributed by atoms with E-state index in [-0.39, 0.29) is 4.75 Å². The number of thioether (sulfide) groups is 1. The van der Waals surface area contributed by atoms with Crippen molar-refractivity contribution in [2.24, 2.45) is 0 Å². The van der Waals surface area contributed by atoms with Crippen molar-refractivity contribution in [2.75, 3.05) is 18.1 Å². The van der Waals surface area contributed by atoms with Crippen LogP contribution in [0.4, 0.5) is 5.00 Å². The van der Waals surface area contributed by atoms with E-state index in [1.54, 1.807) is 6.92 Å². The smallest absolute Gasteiger partial charge is 0.340 e. The Balaban J connectivity index is 2.08. The molecule has 2 N–H and O–H groups in total. The zero-order chi connectivity index (χ0) is 13.2. The fourth-order valence-corrected chi connectivity index (χ4v) is 4.15. The lowest BCUT2D eigenvalue weighted by atomic mass is 10.1. The topological polar surface area (TPSA) is 62.2 Å². The van der Waals surface area contributed by atoms with E-state index in [1.165, 1.54) is 37.2 Å². The summed E-state index contributed by atoms with van der Waals surface area (Å²) in [6.07, 6.45) is 7.11. The molecule has 1 aliphatic carbocycles. The number of carbonyl (C=O) groups is 1. The molecular weight excluding hydrogens is 268 g/mol. The van der Waals surface area contributed by atoms with Crippen molar-refractivity contribution >= 4 is 34.3 Å². The molecule has 1 aromatic heterocycles. The Morgan fingerprint density at radius 1 is 1.56 bits per heavy atom. The van der Waals surface area contributed by atoms with E-state index in [2.05, 4.69) is 15.9 Å². The summed E-state index contributed by atoms with van der Waals surface area (Å²) in [5.41, 5.74) is 0.925.